The van der Waals surface area contributed by atoms with Crippen molar-refractivity contribution >= 4 is 55.9 Å². The maximum Gasteiger partial charge on any atom is 0.0734 e. The van der Waals surface area contributed by atoms with E-state index in [2.05, 4.69) is 202 Å². The molecule has 3 nitrogen and oxygen atoms in total. The van der Waals surface area contributed by atoms with Gasteiger partial charge in [-0.05, 0) is 124 Å². The zero-order valence-corrected chi connectivity index (χ0v) is 38.1. The third-order valence-corrected chi connectivity index (χ3v) is 13.9. The first-order chi connectivity index (χ1) is 36.8. The van der Waals surface area contributed by atoms with Crippen LogP contribution < -0.4 is 9.80 Å². The standard InChI is InChI=1S/C67H47N3/c1-7-24-48(25-8-1)56-36-19-21-40-64(56)69(52-32-15-5-16-33-52)55-43-45-62-60(47-55)59-46-54(68(50-28-11-3-12-29-50)51-30-13-4-14-31-51)42-44-61(59)67(62,49-26-9-2-10-27-49)63-39-23-38-58-57-37-20-22-41-65(57)70(66(58)63)53-34-17-6-18-35-53/h1-47H/i2D,9D,10D,26D,27D. The van der Waals surface area contributed by atoms with Gasteiger partial charge in [0.25, 0.3) is 0 Å². The van der Waals surface area contributed by atoms with Gasteiger partial charge >= 0.3 is 0 Å². The predicted octanol–water partition coefficient (Wildman–Crippen LogP) is 17.8. The summed E-state index contributed by atoms with van der Waals surface area (Å²) >= 11 is 0. The second-order valence-corrected chi connectivity index (χ2v) is 17.7. The molecule has 0 saturated carbocycles. The molecule has 1 atom stereocenters. The third kappa shape index (κ3) is 6.58. The molecule has 13 rings (SSSR count). The topological polar surface area (TPSA) is 11.4 Å². The van der Waals surface area contributed by atoms with Crippen molar-refractivity contribution in [2.75, 3.05) is 9.80 Å². The van der Waals surface area contributed by atoms with E-state index in [0.717, 1.165) is 101 Å². The van der Waals surface area contributed by atoms with E-state index in [1.165, 1.54) is 0 Å². The molecular formula is C67H47N3. The van der Waals surface area contributed by atoms with Crippen LogP contribution in [0.1, 0.15) is 29.1 Å². The van der Waals surface area contributed by atoms with Gasteiger partial charge in [-0.1, -0.05) is 200 Å². The van der Waals surface area contributed by atoms with E-state index in [9.17, 15) is 5.48 Å². The number of nitrogens with zero attached hydrogens (tertiary/aromatic N) is 3. The Labute approximate surface area is 416 Å². The lowest BCUT2D eigenvalue weighted by molar-refractivity contribution is 0.772. The van der Waals surface area contributed by atoms with Crippen molar-refractivity contribution in [1.29, 1.82) is 0 Å². The second kappa shape index (κ2) is 17.2. The van der Waals surface area contributed by atoms with Gasteiger partial charge in [0, 0.05) is 50.5 Å². The zero-order valence-electron chi connectivity index (χ0n) is 43.1. The summed E-state index contributed by atoms with van der Waals surface area (Å²) in [5.74, 6) is 0. The molecular weight excluding hydrogens is 847 g/mol. The summed E-state index contributed by atoms with van der Waals surface area (Å²) in [4.78, 5) is 4.54. The summed E-state index contributed by atoms with van der Waals surface area (Å²) in [7, 11) is 0. The van der Waals surface area contributed by atoms with Crippen LogP contribution in [-0.2, 0) is 5.41 Å². The molecule has 1 aliphatic rings. The lowest BCUT2D eigenvalue weighted by Crippen LogP contribution is -2.29. The van der Waals surface area contributed by atoms with E-state index < -0.39 is 23.5 Å². The number of rotatable bonds is 10. The highest BCUT2D eigenvalue weighted by atomic mass is 15.1. The molecule has 11 aromatic carbocycles. The Morgan fingerprint density at radius 3 is 1.49 bits per heavy atom. The van der Waals surface area contributed by atoms with Crippen molar-refractivity contribution in [2.45, 2.75) is 5.41 Å². The van der Waals surface area contributed by atoms with Gasteiger partial charge in [-0.15, -0.1) is 0 Å². The van der Waals surface area contributed by atoms with Gasteiger partial charge in [-0.3, -0.25) is 0 Å². The fraction of sp³-hybridized carbons (Fsp3) is 0.0149. The van der Waals surface area contributed by atoms with Gasteiger partial charge in [-0.25, -0.2) is 0 Å². The average molecular weight is 899 g/mol. The van der Waals surface area contributed by atoms with Crippen molar-refractivity contribution in [2.24, 2.45) is 0 Å². The summed E-state index contributed by atoms with van der Waals surface area (Å²) in [6.07, 6.45) is 0. The molecule has 330 valence electrons. The number of fused-ring (bicyclic) bond motifs is 6. The molecule has 12 aromatic rings. The first-order valence-electron chi connectivity index (χ1n) is 26.2. The molecule has 1 heterocycles. The van der Waals surface area contributed by atoms with Crippen LogP contribution in [0.2, 0.25) is 0 Å². The molecule has 0 saturated heterocycles. The normalized spacial score (nSPS) is 14.8. The summed E-state index contributed by atoms with van der Waals surface area (Å²) in [5, 5.41) is 2.02. The minimum absolute atomic E-state index is 0.184. The van der Waals surface area contributed by atoms with Gasteiger partial charge in [-0.2, -0.15) is 0 Å². The molecule has 0 bridgehead atoms. The van der Waals surface area contributed by atoms with Gasteiger partial charge in [0.15, 0.2) is 0 Å². The van der Waals surface area contributed by atoms with Crippen LogP contribution in [0.4, 0.5) is 34.1 Å². The Hall–Kier alpha value is -9.18. The fourth-order valence-corrected chi connectivity index (χ4v) is 11.0. The van der Waals surface area contributed by atoms with Crippen LogP contribution in [0, 0.1) is 0 Å². The van der Waals surface area contributed by atoms with Crippen molar-refractivity contribution in [3.05, 3.63) is 307 Å². The minimum Gasteiger partial charge on any atom is -0.310 e. The maximum absolute atomic E-state index is 10.1. The largest absolute Gasteiger partial charge is 0.310 e. The van der Waals surface area contributed by atoms with E-state index in [-0.39, 0.29) is 17.6 Å². The SMILES string of the molecule is [2H]c1c([2H])c([2H])c(C2(c3cccc4c5ccccc5n(-c5ccccc5)c34)c3ccc(N(c4ccccc4)c4ccccc4)cc3-c3cc(N(c4ccccc4)c4ccccc4-c4ccccc4)ccc32)c([2H])c1[2H]. The molecule has 0 aliphatic heterocycles. The molecule has 1 aromatic heterocycles. The smallest absolute Gasteiger partial charge is 0.0734 e. The predicted molar refractivity (Wildman–Crippen MR) is 293 cm³/mol. The van der Waals surface area contributed by atoms with Gasteiger partial charge < -0.3 is 14.4 Å². The molecule has 1 unspecified atom stereocenters. The first-order valence-corrected chi connectivity index (χ1v) is 23.7. The molecule has 70 heavy (non-hydrogen) atoms. The summed E-state index contributed by atoms with van der Waals surface area (Å²) < 4.78 is 50.1. The number of aromatic nitrogens is 1. The molecule has 0 spiro atoms. The van der Waals surface area contributed by atoms with Gasteiger partial charge in [0.1, 0.15) is 0 Å². The monoisotopic (exact) mass is 898 g/mol. The van der Waals surface area contributed by atoms with E-state index >= 15 is 0 Å². The van der Waals surface area contributed by atoms with Crippen molar-refractivity contribution in [3.63, 3.8) is 0 Å². The number of benzene rings is 11. The fourth-order valence-electron chi connectivity index (χ4n) is 11.0. The van der Waals surface area contributed by atoms with E-state index in [1.807, 2.05) is 66.7 Å². The van der Waals surface area contributed by atoms with Gasteiger partial charge in [0.05, 0.1) is 29.0 Å². The van der Waals surface area contributed by atoms with Crippen LogP contribution in [0.25, 0.3) is 49.7 Å². The maximum atomic E-state index is 10.1. The highest BCUT2D eigenvalue weighted by Crippen LogP contribution is 2.60. The summed E-state index contributed by atoms with van der Waals surface area (Å²) in [6.45, 7) is 0. The summed E-state index contributed by atoms with van der Waals surface area (Å²) in [6, 6.07) is 86.1. The summed E-state index contributed by atoms with van der Waals surface area (Å²) in [5.41, 5.74) is 13.4. The second-order valence-electron chi connectivity index (χ2n) is 17.7. The Balaban J connectivity index is 1.20. The number of anilines is 6. The molecule has 3 heteroatoms. The zero-order chi connectivity index (χ0) is 50.8. The lowest BCUT2D eigenvalue weighted by Gasteiger charge is -2.35. The Bertz CT molecular complexity index is 4060. The van der Waals surface area contributed by atoms with Gasteiger partial charge in [0.2, 0.25) is 0 Å². The number of hydrogen-bond donors (Lipinski definition) is 0. The Morgan fingerprint density at radius 2 is 0.857 bits per heavy atom. The van der Waals surface area contributed by atoms with E-state index in [1.54, 1.807) is 0 Å². The molecule has 0 N–H and O–H groups in total. The quantitative estimate of drug-likeness (QED) is 0.135. The van der Waals surface area contributed by atoms with Crippen molar-refractivity contribution < 1.29 is 6.85 Å². The van der Waals surface area contributed by atoms with Crippen molar-refractivity contribution in [1.82, 2.24) is 4.57 Å². The lowest BCUT2D eigenvalue weighted by atomic mass is 9.67. The first kappa shape index (κ1) is 35.9. The number of para-hydroxylation sites is 7. The van der Waals surface area contributed by atoms with Crippen molar-refractivity contribution in [3.8, 4) is 27.9 Å². The van der Waals surface area contributed by atoms with E-state index in [0.29, 0.717) is 0 Å². The Kier molecular flexibility index (Phi) is 8.81. The molecule has 0 radical (unpaired) electrons. The highest BCUT2D eigenvalue weighted by Gasteiger charge is 2.48. The average Bonchev–Trinajstić information content (AvgIpc) is 4.15. The number of hydrogen-bond acceptors (Lipinski definition) is 2. The molecule has 0 fully saturated rings. The molecule has 1 aliphatic carbocycles. The van der Waals surface area contributed by atoms with Crippen LogP contribution >= 0.6 is 0 Å². The van der Waals surface area contributed by atoms with Crippen LogP contribution in [-0.4, -0.2) is 4.57 Å². The van der Waals surface area contributed by atoms with Crippen LogP contribution in [0.5, 0.6) is 0 Å². The minimum atomic E-state index is -1.47. The highest BCUT2D eigenvalue weighted by molar-refractivity contribution is 6.11. The van der Waals surface area contributed by atoms with Crippen LogP contribution in [0.15, 0.2) is 285 Å². The third-order valence-electron chi connectivity index (χ3n) is 13.9. The van der Waals surface area contributed by atoms with Crippen LogP contribution in [0.3, 0.4) is 0 Å². The molecule has 0 amide bonds. The Morgan fingerprint density at radius 1 is 0.357 bits per heavy atom. The van der Waals surface area contributed by atoms with E-state index in [4.69, 9.17) is 1.37 Å².